The Hall–Kier alpha value is -1.59. The number of nitrogens with one attached hydrogen (secondary N) is 1. The molecule has 0 radical (unpaired) electrons. The zero-order valence-corrected chi connectivity index (χ0v) is 14.0. The molecular weight excluding hydrogens is 373 g/mol. The Morgan fingerprint density at radius 1 is 1.27 bits per heavy atom. The summed E-state index contributed by atoms with van der Waals surface area (Å²) in [7, 11) is 0. The van der Waals surface area contributed by atoms with Crippen LogP contribution in [-0.2, 0) is 11.2 Å². The minimum absolute atomic E-state index is 0.140. The lowest BCUT2D eigenvalue weighted by atomic mass is 10.1. The molecule has 0 aliphatic heterocycles. The van der Waals surface area contributed by atoms with Gasteiger partial charge in [0.25, 0.3) is 5.91 Å². The van der Waals surface area contributed by atoms with Crippen molar-refractivity contribution in [3.05, 3.63) is 63.3 Å². The molecule has 1 amide bonds. The van der Waals surface area contributed by atoms with E-state index in [9.17, 15) is 9.18 Å². The van der Waals surface area contributed by atoms with Crippen molar-refractivity contribution in [1.29, 1.82) is 0 Å². The standard InChI is InChI=1S/C16H14BrClFNO2/c17-12-5-6-15(13(18)9-12)22-10-16(21)20-8-7-11-3-1-2-4-14(11)19/h1-6,9H,7-8,10H2,(H,20,21). The van der Waals surface area contributed by atoms with E-state index in [0.29, 0.717) is 29.3 Å². The summed E-state index contributed by atoms with van der Waals surface area (Å²) in [4.78, 5) is 11.7. The van der Waals surface area contributed by atoms with Crippen molar-refractivity contribution >= 4 is 33.4 Å². The van der Waals surface area contributed by atoms with Crippen molar-refractivity contribution in [3.63, 3.8) is 0 Å². The second-order valence-electron chi connectivity index (χ2n) is 4.55. The molecule has 0 spiro atoms. The molecule has 22 heavy (non-hydrogen) atoms. The fourth-order valence-electron chi connectivity index (χ4n) is 1.82. The van der Waals surface area contributed by atoms with Gasteiger partial charge in [0.1, 0.15) is 11.6 Å². The molecular formula is C16H14BrClFNO2. The Labute approximate surface area is 141 Å². The largest absolute Gasteiger partial charge is 0.482 e. The third-order valence-electron chi connectivity index (χ3n) is 2.93. The van der Waals surface area contributed by atoms with E-state index in [1.54, 1.807) is 36.4 Å². The third-order valence-corrected chi connectivity index (χ3v) is 3.72. The molecule has 0 unspecified atom stereocenters. The van der Waals surface area contributed by atoms with Crippen LogP contribution in [-0.4, -0.2) is 19.1 Å². The fraction of sp³-hybridized carbons (Fsp3) is 0.188. The van der Waals surface area contributed by atoms with Crippen LogP contribution in [0.2, 0.25) is 5.02 Å². The molecule has 0 bridgehead atoms. The summed E-state index contributed by atoms with van der Waals surface area (Å²) in [6.07, 6.45) is 0.428. The lowest BCUT2D eigenvalue weighted by Gasteiger charge is -2.09. The molecule has 0 aromatic heterocycles. The summed E-state index contributed by atoms with van der Waals surface area (Å²) < 4.78 is 19.6. The number of carbonyl (C=O) groups excluding carboxylic acids is 1. The van der Waals surface area contributed by atoms with Crippen LogP contribution in [0.1, 0.15) is 5.56 Å². The topological polar surface area (TPSA) is 38.3 Å². The second kappa shape index (κ2) is 8.15. The highest BCUT2D eigenvalue weighted by molar-refractivity contribution is 9.10. The first-order valence-corrected chi connectivity index (χ1v) is 7.81. The maximum absolute atomic E-state index is 13.4. The summed E-state index contributed by atoms with van der Waals surface area (Å²) in [6.45, 7) is 0.204. The normalized spacial score (nSPS) is 10.3. The van der Waals surface area contributed by atoms with Crippen molar-refractivity contribution in [3.8, 4) is 5.75 Å². The summed E-state index contributed by atoms with van der Waals surface area (Å²) in [5.41, 5.74) is 0.569. The average molecular weight is 387 g/mol. The summed E-state index contributed by atoms with van der Waals surface area (Å²) in [5.74, 6) is -0.112. The van der Waals surface area contributed by atoms with Gasteiger partial charge in [-0.3, -0.25) is 4.79 Å². The van der Waals surface area contributed by atoms with Gasteiger partial charge < -0.3 is 10.1 Å². The van der Waals surface area contributed by atoms with Crippen molar-refractivity contribution < 1.29 is 13.9 Å². The van der Waals surface area contributed by atoms with Crippen LogP contribution >= 0.6 is 27.5 Å². The van der Waals surface area contributed by atoms with Gasteiger partial charge in [0, 0.05) is 11.0 Å². The van der Waals surface area contributed by atoms with Gasteiger partial charge in [-0.2, -0.15) is 0 Å². The van der Waals surface area contributed by atoms with E-state index in [4.69, 9.17) is 16.3 Å². The Morgan fingerprint density at radius 2 is 2.05 bits per heavy atom. The van der Waals surface area contributed by atoms with E-state index in [-0.39, 0.29) is 18.3 Å². The SMILES string of the molecule is O=C(COc1ccc(Br)cc1Cl)NCCc1ccccc1F. The van der Waals surface area contributed by atoms with Crippen molar-refractivity contribution in [2.24, 2.45) is 0 Å². The summed E-state index contributed by atoms with van der Waals surface area (Å²) >= 11 is 9.28. The van der Waals surface area contributed by atoms with Crippen molar-refractivity contribution in [1.82, 2.24) is 5.32 Å². The molecule has 2 aromatic carbocycles. The zero-order chi connectivity index (χ0) is 15.9. The van der Waals surface area contributed by atoms with Crippen LogP contribution in [0.4, 0.5) is 4.39 Å². The molecule has 0 aliphatic carbocycles. The van der Waals surface area contributed by atoms with E-state index in [2.05, 4.69) is 21.2 Å². The number of rotatable bonds is 6. The minimum atomic E-state index is -0.282. The number of hydrogen-bond donors (Lipinski definition) is 1. The first kappa shape index (κ1) is 16.8. The van der Waals surface area contributed by atoms with Crippen molar-refractivity contribution in [2.45, 2.75) is 6.42 Å². The van der Waals surface area contributed by atoms with E-state index < -0.39 is 0 Å². The molecule has 0 fully saturated rings. The lowest BCUT2D eigenvalue weighted by Crippen LogP contribution is -2.30. The molecule has 2 aromatic rings. The van der Waals surface area contributed by atoms with Gasteiger partial charge in [0.05, 0.1) is 5.02 Å². The third kappa shape index (κ3) is 5.00. The molecule has 0 heterocycles. The Balaban J connectivity index is 1.75. The van der Waals surface area contributed by atoms with E-state index in [0.717, 1.165) is 4.47 Å². The van der Waals surface area contributed by atoms with Gasteiger partial charge >= 0.3 is 0 Å². The smallest absolute Gasteiger partial charge is 0.257 e. The van der Waals surface area contributed by atoms with E-state index in [1.165, 1.54) is 6.07 Å². The molecule has 2 rings (SSSR count). The van der Waals surface area contributed by atoms with Crippen LogP contribution < -0.4 is 10.1 Å². The van der Waals surface area contributed by atoms with Gasteiger partial charge in [0.2, 0.25) is 0 Å². The molecule has 0 saturated heterocycles. The Morgan fingerprint density at radius 3 is 2.77 bits per heavy atom. The van der Waals surface area contributed by atoms with E-state index >= 15 is 0 Å². The number of ether oxygens (including phenoxy) is 1. The van der Waals surface area contributed by atoms with E-state index in [1.807, 2.05) is 0 Å². The Kier molecular flexibility index (Phi) is 6.21. The second-order valence-corrected chi connectivity index (χ2v) is 5.88. The Bertz CT molecular complexity index is 666. The summed E-state index contributed by atoms with van der Waals surface area (Å²) in [5, 5.41) is 3.10. The highest BCUT2D eigenvalue weighted by atomic mass is 79.9. The molecule has 6 heteroatoms. The molecule has 3 nitrogen and oxygen atoms in total. The van der Waals surface area contributed by atoms with Crippen LogP contribution in [0.15, 0.2) is 46.9 Å². The van der Waals surface area contributed by atoms with Crippen LogP contribution in [0.5, 0.6) is 5.75 Å². The van der Waals surface area contributed by atoms with Crippen molar-refractivity contribution in [2.75, 3.05) is 13.2 Å². The maximum Gasteiger partial charge on any atom is 0.257 e. The van der Waals surface area contributed by atoms with Gasteiger partial charge in [-0.1, -0.05) is 45.7 Å². The summed E-state index contributed by atoms with van der Waals surface area (Å²) in [6, 6.07) is 11.6. The van der Waals surface area contributed by atoms with Gasteiger partial charge in [-0.15, -0.1) is 0 Å². The van der Waals surface area contributed by atoms with Crippen LogP contribution in [0.25, 0.3) is 0 Å². The fourth-order valence-corrected chi connectivity index (χ4v) is 2.55. The lowest BCUT2D eigenvalue weighted by molar-refractivity contribution is -0.123. The predicted octanol–water partition coefficient (Wildman–Crippen LogP) is 3.98. The number of carbonyl (C=O) groups is 1. The number of halogens is 3. The van der Waals surface area contributed by atoms with Gasteiger partial charge in [-0.05, 0) is 36.2 Å². The average Bonchev–Trinajstić information content (AvgIpc) is 2.48. The zero-order valence-electron chi connectivity index (χ0n) is 11.6. The first-order valence-electron chi connectivity index (χ1n) is 6.64. The number of benzene rings is 2. The highest BCUT2D eigenvalue weighted by Gasteiger charge is 2.07. The van der Waals surface area contributed by atoms with Gasteiger partial charge in [0.15, 0.2) is 6.61 Å². The number of amides is 1. The first-order chi connectivity index (χ1) is 10.6. The predicted molar refractivity (Wildman–Crippen MR) is 87.8 cm³/mol. The minimum Gasteiger partial charge on any atom is -0.482 e. The maximum atomic E-state index is 13.4. The highest BCUT2D eigenvalue weighted by Crippen LogP contribution is 2.27. The van der Waals surface area contributed by atoms with Crippen LogP contribution in [0, 0.1) is 5.82 Å². The van der Waals surface area contributed by atoms with Crippen LogP contribution in [0.3, 0.4) is 0 Å². The number of hydrogen-bond acceptors (Lipinski definition) is 2. The molecule has 0 saturated carbocycles. The molecule has 1 N–H and O–H groups in total. The monoisotopic (exact) mass is 385 g/mol. The quantitative estimate of drug-likeness (QED) is 0.815. The molecule has 0 atom stereocenters. The molecule has 116 valence electrons. The molecule has 0 aliphatic rings. The van der Waals surface area contributed by atoms with Gasteiger partial charge in [-0.25, -0.2) is 4.39 Å².